The molecule has 122 valence electrons. The summed E-state index contributed by atoms with van der Waals surface area (Å²) < 4.78 is 2.08. The van der Waals surface area contributed by atoms with E-state index in [1.54, 1.807) is 4.90 Å². The summed E-state index contributed by atoms with van der Waals surface area (Å²) in [6.45, 7) is 0.317. The van der Waals surface area contributed by atoms with Gasteiger partial charge in [-0.15, -0.1) is 0 Å². The maximum Gasteiger partial charge on any atom is 0.197 e. The lowest BCUT2D eigenvalue weighted by atomic mass is 10.3. The molecule has 0 saturated carbocycles. The highest BCUT2D eigenvalue weighted by Gasteiger charge is 2.12. The van der Waals surface area contributed by atoms with Crippen LogP contribution in [-0.4, -0.2) is 19.7 Å². The third kappa shape index (κ3) is 5.01. The van der Waals surface area contributed by atoms with E-state index in [1.165, 1.54) is 0 Å². The number of para-hydroxylation sites is 1. The number of hydrogen-bond acceptors (Lipinski definition) is 2. The molecule has 0 amide bonds. The SMILES string of the molecule is CN(C(N)=NCNc1ccc(I)cc1Cl)c1c(Cl)cccc1I. The third-order valence-corrected chi connectivity index (χ3v) is 5.22. The van der Waals surface area contributed by atoms with Gasteiger partial charge < -0.3 is 16.0 Å². The Morgan fingerprint density at radius 3 is 2.61 bits per heavy atom. The molecule has 8 heteroatoms. The van der Waals surface area contributed by atoms with Crippen LogP contribution in [0.5, 0.6) is 0 Å². The van der Waals surface area contributed by atoms with Gasteiger partial charge in [0, 0.05) is 14.2 Å². The molecule has 0 aliphatic rings. The van der Waals surface area contributed by atoms with Crippen molar-refractivity contribution in [2.24, 2.45) is 10.7 Å². The van der Waals surface area contributed by atoms with E-state index in [9.17, 15) is 0 Å². The molecule has 0 aliphatic heterocycles. The average molecular weight is 575 g/mol. The van der Waals surface area contributed by atoms with Gasteiger partial charge in [-0.2, -0.15) is 0 Å². The number of rotatable bonds is 4. The van der Waals surface area contributed by atoms with Crippen LogP contribution >= 0.6 is 68.4 Å². The fraction of sp³-hybridized carbons (Fsp3) is 0.133. The number of anilines is 2. The molecule has 4 nitrogen and oxygen atoms in total. The molecule has 2 rings (SSSR count). The van der Waals surface area contributed by atoms with E-state index < -0.39 is 0 Å². The molecule has 0 heterocycles. The maximum absolute atomic E-state index is 6.24. The van der Waals surface area contributed by atoms with Crippen molar-refractivity contribution < 1.29 is 0 Å². The van der Waals surface area contributed by atoms with Gasteiger partial charge in [0.25, 0.3) is 0 Å². The van der Waals surface area contributed by atoms with Crippen molar-refractivity contribution in [2.75, 3.05) is 23.9 Å². The van der Waals surface area contributed by atoms with E-state index in [0.717, 1.165) is 18.5 Å². The van der Waals surface area contributed by atoms with Crippen LogP contribution in [0.3, 0.4) is 0 Å². The first-order chi connectivity index (χ1) is 10.9. The van der Waals surface area contributed by atoms with E-state index in [4.69, 9.17) is 28.9 Å². The zero-order chi connectivity index (χ0) is 17.0. The highest BCUT2D eigenvalue weighted by molar-refractivity contribution is 14.1. The Bertz CT molecular complexity index is 717. The van der Waals surface area contributed by atoms with Crippen molar-refractivity contribution in [3.63, 3.8) is 0 Å². The maximum atomic E-state index is 6.24. The van der Waals surface area contributed by atoms with Gasteiger partial charge in [0.2, 0.25) is 0 Å². The van der Waals surface area contributed by atoms with Crippen LogP contribution in [0.4, 0.5) is 11.4 Å². The minimum atomic E-state index is 0.317. The van der Waals surface area contributed by atoms with E-state index >= 15 is 0 Å². The Hall–Kier alpha value is -0.450. The summed E-state index contributed by atoms with van der Waals surface area (Å²) in [7, 11) is 1.83. The molecular weight excluding hydrogens is 561 g/mol. The lowest BCUT2D eigenvalue weighted by Crippen LogP contribution is -2.35. The second kappa shape index (κ2) is 8.59. The number of benzene rings is 2. The first-order valence-electron chi connectivity index (χ1n) is 6.56. The Labute approximate surface area is 172 Å². The van der Waals surface area contributed by atoms with Crippen LogP contribution in [0.2, 0.25) is 10.0 Å². The van der Waals surface area contributed by atoms with E-state index in [-0.39, 0.29) is 0 Å². The molecule has 0 bridgehead atoms. The van der Waals surface area contributed by atoms with Crippen LogP contribution < -0.4 is 16.0 Å². The fourth-order valence-electron chi connectivity index (χ4n) is 1.87. The van der Waals surface area contributed by atoms with Crippen molar-refractivity contribution in [3.05, 3.63) is 53.6 Å². The minimum absolute atomic E-state index is 0.317. The smallest absolute Gasteiger partial charge is 0.197 e. The second-order valence-electron chi connectivity index (χ2n) is 4.60. The molecule has 0 spiro atoms. The number of nitrogens with one attached hydrogen (secondary N) is 1. The number of halogens is 4. The Morgan fingerprint density at radius 1 is 1.22 bits per heavy atom. The topological polar surface area (TPSA) is 53.6 Å². The summed E-state index contributed by atoms with van der Waals surface area (Å²) >= 11 is 16.8. The van der Waals surface area contributed by atoms with Gasteiger partial charge in [-0.25, -0.2) is 4.99 Å². The quantitative estimate of drug-likeness (QED) is 0.306. The highest BCUT2D eigenvalue weighted by Crippen LogP contribution is 2.30. The largest absolute Gasteiger partial charge is 0.369 e. The van der Waals surface area contributed by atoms with Gasteiger partial charge in [-0.1, -0.05) is 29.3 Å². The highest BCUT2D eigenvalue weighted by atomic mass is 127. The summed E-state index contributed by atoms with van der Waals surface area (Å²) in [5, 5.41) is 4.43. The molecule has 0 radical (unpaired) electrons. The Balaban J connectivity index is 2.07. The molecule has 0 saturated heterocycles. The van der Waals surface area contributed by atoms with E-state index in [2.05, 4.69) is 55.5 Å². The summed E-state index contributed by atoms with van der Waals surface area (Å²) in [5.41, 5.74) is 7.71. The van der Waals surface area contributed by atoms with Crippen molar-refractivity contribution in [3.8, 4) is 0 Å². The number of nitrogens with zero attached hydrogens (tertiary/aromatic N) is 2. The van der Waals surface area contributed by atoms with Crippen LogP contribution in [0.15, 0.2) is 41.4 Å². The van der Waals surface area contributed by atoms with Crippen molar-refractivity contribution >= 4 is 85.7 Å². The zero-order valence-electron chi connectivity index (χ0n) is 12.2. The van der Waals surface area contributed by atoms with E-state index in [0.29, 0.717) is 22.7 Å². The summed E-state index contributed by atoms with van der Waals surface area (Å²) in [6.07, 6.45) is 0. The summed E-state index contributed by atoms with van der Waals surface area (Å²) in [5.74, 6) is 0.366. The van der Waals surface area contributed by atoms with Gasteiger partial charge in [0.1, 0.15) is 6.67 Å². The second-order valence-corrected chi connectivity index (χ2v) is 7.83. The van der Waals surface area contributed by atoms with Crippen LogP contribution in [0, 0.1) is 7.14 Å². The third-order valence-electron chi connectivity index (χ3n) is 3.06. The first-order valence-corrected chi connectivity index (χ1v) is 9.48. The number of nitrogens with two attached hydrogens (primary N) is 1. The van der Waals surface area contributed by atoms with Crippen molar-refractivity contribution in [1.82, 2.24) is 0 Å². The molecule has 23 heavy (non-hydrogen) atoms. The lowest BCUT2D eigenvalue weighted by molar-refractivity contribution is 1.09. The molecule has 2 aromatic rings. The lowest BCUT2D eigenvalue weighted by Gasteiger charge is -2.21. The predicted octanol–water partition coefficient (Wildman–Crippen LogP) is 5.02. The molecule has 0 aromatic heterocycles. The molecule has 0 unspecified atom stereocenters. The van der Waals surface area contributed by atoms with Crippen LogP contribution in [0.25, 0.3) is 0 Å². The number of aliphatic imine (C=N–C) groups is 1. The summed E-state index contributed by atoms with van der Waals surface area (Å²) in [4.78, 5) is 6.09. The molecule has 2 aromatic carbocycles. The fourth-order valence-corrected chi connectivity index (χ4v) is 4.11. The number of guanidine groups is 1. The average Bonchev–Trinajstić information content (AvgIpc) is 2.49. The summed E-state index contributed by atoms with van der Waals surface area (Å²) in [6, 6.07) is 11.5. The molecule has 0 aliphatic carbocycles. The number of hydrogen-bond donors (Lipinski definition) is 2. The van der Waals surface area contributed by atoms with Crippen molar-refractivity contribution in [2.45, 2.75) is 0 Å². The van der Waals surface area contributed by atoms with Gasteiger partial charge >= 0.3 is 0 Å². The van der Waals surface area contributed by atoms with Crippen molar-refractivity contribution in [1.29, 1.82) is 0 Å². The first kappa shape index (κ1) is 18.9. The van der Waals surface area contributed by atoms with Gasteiger partial charge in [0.15, 0.2) is 5.96 Å². The Morgan fingerprint density at radius 2 is 1.96 bits per heavy atom. The van der Waals surface area contributed by atoms with Gasteiger partial charge in [0.05, 0.1) is 21.4 Å². The Kier molecular flexibility index (Phi) is 7.05. The van der Waals surface area contributed by atoms with Crippen LogP contribution in [-0.2, 0) is 0 Å². The standard InChI is InChI=1S/C15H14Cl2I2N4/c1-23(14-10(16)3-2-4-12(14)19)15(20)22-8-21-13-6-5-9(18)7-11(13)17/h2-7,21H,8H2,1H3,(H2,20,22). The van der Waals surface area contributed by atoms with Gasteiger partial charge in [-0.3, -0.25) is 0 Å². The van der Waals surface area contributed by atoms with Crippen LogP contribution in [0.1, 0.15) is 0 Å². The minimum Gasteiger partial charge on any atom is -0.369 e. The predicted molar refractivity (Wildman–Crippen MR) is 117 cm³/mol. The molecule has 3 N–H and O–H groups in total. The van der Waals surface area contributed by atoms with Gasteiger partial charge in [-0.05, 0) is 75.5 Å². The monoisotopic (exact) mass is 574 g/mol. The molecule has 0 atom stereocenters. The normalized spacial score (nSPS) is 11.4. The molecular formula is C15H14Cl2I2N4. The molecule has 0 fully saturated rings. The zero-order valence-corrected chi connectivity index (χ0v) is 18.0. The van der Waals surface area contributed by atoms with E-state index in [1.807, 2.05) is 43.4 Å².